The van der Waals surface area contributed by atoms with E-state index in [-0.39, 0.29) is 12.5 Å². The Morgan fingerprint density at radius 3 is 2.68 bits per heavy atom. The average Bonchev–Trinajstić information content (AvgIpc) is 2.68. The maximum atomic E-state index is 11.9. The van der Waals surface area contributed by atoms with Crippen LogP contribution in [0.15, 0.2) is 66.4 Å². The molecule has 6 heteroatoms. The van der Waals surface area contributed by atoms with E-state index in [0.29, 0.717) is 17.2 Å². The number of rotatable bonds is 6. The first-order chi connectivity index (χ1) is 12.2. The lowest BCUT2D eigenvalue weighted by Crippen LogP contribution is -2.20. The van der Waals surface area contributed by atoms with Gasteiger partial charge in [0.15, 0.2) is 6.61 Å². The van der Waals surface area contributed by atoms with Gasteiger partial charge in [-0.15, -0.1) is 11.8 Å². The molecule has 1 aliphatic rings. The summed E-state index contributed by atoms with van der Waals surface area (Å²) in [6, 6.07) is 12.8. The minimum atomic E-state index is -0.247. The van der Waals surface area contributed by atoms with E-state index in [0.717, 1.165) is 22.5 Å². The summed E-state index contributed by atoms with van der Waals surface area (Å²) in [5, 5.41) is 2.75. The van der Waals surface area contributed by atoms with Crippen LogP contribution in [-0.4, -0.2) is 29.5 Å². The number of benzene rings is 1. The van der Waals surface area contributed by atoms with Crippen molar-refractivity contribution in [3.63, 3.8) is 0 Å². The molecule has 2 aromatic rings. The molecule has 0 fully saturated rings. The van der Waals surface area contributed by atoms with E-state index < -0.39 is 0 Å². The van der Waals surface area contributed by atoms with E-state index in [9.17, 15) is 9.59 Å². The van der Waals surface area contributed by atoms with Gasteiger partial charge in [-0.2, -0.15) is 0 Å². The Kier molecular flexibility index (Phi) is 5.64. The van der Waals surface area contributed by atoms with Gasteiger partial charge < -0.3 is 10.1 Å². The van der Waals surface area contributed by atoms with Gasteiger partial charge in [-0.3, -0.25) is 14.6 Å². The van der Waals surface area contributed by atoms with E-state index in [1.807, 2.05) is 30.3 Å². The van der Waals surface area contributed by atoms with Gasteiger partial charge in [-0.05, 0) is 30.3 Å². The number of allylic oxidation sites excluding steroid dienone is 2. The van der Waals surface area contributed by atoms with Gasteiger partial charge in [-0.1, -0.05) is 24.3 Å². The number of carbonyl (C=O) groups excluding carboxylic acids is 2. The molecule has 0 atom stereocenters. The zero-order valence-corrected chi connectivity index (χ0v) is 14.2. The summed E-state index contributed by atoms with van der Waals surface area (Å²) in [4.78, 5) is 28.0. The summed E-state index contributed by atoms with van der Waals surface area (Å²) in [7, 11) is 0. The summed E-state index contributed by atoms with van der Waals surface area (Å²) in [6.45, 7) is -0.0635. The monoisotopic (exact) mass is 352 g/mol. The molecule has 0 bridgehead atoms. The molecule has 1 aromatic heterocycles. The highest BCUT2D eigenvalue weighted by Crippen LogP contribution is 2.31. The van der Waals surface area contributed by atoms with Gasteiger partial charge in [0, 0.05) is 16.2 Å². The molecular formula is C19H16N2O3S. The second kappa shape index (κ2) is 8.30. The van der Waals surface area contributed by atoms with Gasteiger partial charge in [0.05, 0.1) is 17.6 Å². The SMILES string of the molecule is O=CC1=CC=C(c2ccc(NC(=O)COc3ccccc3)cn2)SC1. The van der Waals surface area contributed by atoms with Crippen LogP contribution in [0, 0.1) is 0 Å². The largest absolute Gasteiger partial charge is 0.484 e. The number of aldehydes is 1. The van der Waals surface area contributed by atoms with Crippen molar-refractivity contribution in [2.45, 2.75) is 0 Å². The predicted octanol–water partition coefficient (Wildman–Crippen LogP) is 3.31. The molecule has 1 N–H and O–H groups in total. The van der Waals surface area contributed by atoms with Crippen LogP contribution in [0.1, 0.15) is 5.69 Å². The van der Waals surface area contributed by atoms with Crippen molar-refractivity contribution >= 4 is 34.5 Å². The molecule has 1 aromatic carbocycles. The Morgan fingerprint density at radius 1 is 1.20 bits per heavy atom. The number of ether oxygens (including phenoxy) is 1. The zero-order chi connectivity index (χ0) is 17.5. The van der Waals surface area contributed by atoms with Crippen LogP contribution in [-0.2, 0) is 9.59 Å². The van der Waals surface area contributed by atoms with E-state index in [1.54, 1.807) is 42.2 Å². The molecule has 0 aliphatic carbocycles. The molecule has 3 rings (SSSR count). The number of nitrogens with one attached hydrogen (secondary N) is 1. The summed E-state index contributed by atoms with van der Waals surface area (Å²) < 4.78 is 5.40. The molecule has 2 heterocycles. The van der Waals surface area contributed by atoms with Crippen LogP contribution in [0.25, 0.3) is 4.91 Å². The maximum absolute atomic E-state index is 11.9. The molecule has 25 heavy (non-hydrogen) atoms. The average molecular weight is 352 g/mol. The lowest BCUT2D eigenvalue weighted by molar-refractivity contribution is -0.118. The van der Waals surface area contributed by atoms with Gasteiger partial charge in [-0.25, -0.2) is 0 Å². The van der Waals surface area contributed by atoms with Crippen LogP contribution < -0.4 is 10.1 Å². The van der Waals surface area contributed by atoms with Crippen molar-refractivity contribution in [3.05, 3.63) is 72.1 Å². The van der Waals surface area contributed by atoms with Crippen LogP contribution in [0.4, 0.5) is 5.69 Å². The molecule has 0 radical (unpaired) electrons. The van der Waals surface area contributed by atoms with Crippen molar-refractivity contribution in [1.29, 1.82) is 0 Å². The van der Waals surface area contributed by atoms with Crippen molar-refractivity contribution in [2.75, 3.05) is 17.7 Å². The summed E-state index contributed by atoms with van der Waals surface area (Å²) in [6.07, 6.45) is 6.16. The van der Waals surface area contributed by atoms with Crippen LogP contribution in [0.5, 0.6) is 5.75 Å². The normalized spacial score (nSPS) is 13.4. The third kappa shape index (κ3) is 4.81. The number of aromatic nitrogens is 1. The van der Waals surface area contributed by atoms with Crippen LogP contribution in [0.3, 0.4) is 0 Å². The van der Waals surface area contributed by atoms with Crippen LogP contribution in [0.2, 0.25) is 0 Å². The van der Waals surface area contributed by atoms with Crippen molar-refractivity contribution in [2.24, 2.45) is 0 Å². The highest BCUT2D eigenvalue weighted by atomic mass is 32.2. The third-order valence-electron chi connectivity index (χ3n) is 3.41. The van der Waals surface area contributed by atoms with Crippen molar-refractivity contribution in [3.8, 4) is 5.75 Å². The number of hydrogen-bond acceptors (Lipinski definition) is 5. The number of amides is 1. The second-order valence-electron chi connectivity index (χ2n) is 5.26. The predicted molar refractivity (Wildman–Crippen MR) is 99.4 cm³/mol. The van der Waals surface area contributed by atoms with E-state index in [4.69, 9.17) is 4.74 Å². The summed E-state index contributed by atoms with van der Waals surface area (Å²) in [5.74, 6) is 1.05. The van der Waals surface area contributed by atoms with Gasteiger partial charge in [0.1, 0.15) is 12.0 Å². The molecule has 0 spiro atoms. The minimum absolute atomic E-state index is 0.0635. The standard InChI is InChI=1S/C19H16N2O3S/c22-11-14-6-9-18(25-13-14)17-8-7-15(10-20-17)21-19(23)12-24-16-4-2-1-3-5-16/h1-11H,12-13H2,(H,21,23). The molecule has 0 saturated carbocycles. The zero-order valence-electron chi connectivity index (χ0n) is 13.3. The molecule has 5 nitrogen and oxygen atoms in total. The first-order valence-electron chi connectivity index (χ1n) is 7.67. The van der Waals surface area contributed by atoms with E-state index in [2.05, 4.69) is 10.3 Å². The summed E-state index contributed by atoms with van der Waals surface area (Å²) in [5.41, 5.74) is 2.18. The number of pyridine rings is 1. The van der Waals surface area contributed by atoms with E-state index in [1.165, 1.54) is 0 Å². The fourth-order valence-electron chi connectivity index (χ4n) is 2.15. The Bertz CT molecular complexity index is 814. The first-order valence-corrected chi connectivity index (χ1v) is 8.66. The fraction of sp³-hybridized carbons (Fsp3) is 0.105. The number of para-hydroxylation sites is 1. The Morgan fingerprint density at radius 2 is 2.04 bits per heavy atom. The molecule has 1 aliphatic heterocycles. The first kappa shape index (κ1) is 17.0. The second-order valence-corrected chi connectivity index (χ2v) is 6.28. The quantitative estimate of drug-likeness (QED) is 0.808. The molecule has 0 saturated heterocycles. The Hall–Kier alpha value is -2.86. The fourth-order valence-corrected chi connectivity index (χ4v) is 3.07. The third-order valence-corrected chi connectivity index (χ3v) is 4.54. The van der Waals surface area contributed by atoms with Crippen molar-refractivity contribution < 1.29 is 14.3 Å². The smallest absolute Gasteiger partial charge is 0.262 e. The number of hydrogen-bond donors (Lipinski definition) is 1. The summed E-state index contributed by atoms with van der Waals surface area (Å²) >= 11 is 1.57. The number of anilines is 1. The molecule has 0 unspecified atom stereocenters. The lowest BCUT2D eigenvalue weighted by atomic mass is 10.2. The highest BCUT2D eigenvalue weighted by molar-refractivity contribution is 8.08. The number of nitrogens with zero attached hydrogens (tertiary/aromatic N) is 1. The lowest BCUT2D eigenvalue weighted by Gasteiger charge is -2.11. The Labute approximate surface area is 149 Å². The Balaban J connectivity index is 1.56. The number of carbonyl (C=O) groups is 2. The number of thioether (sulfide) groups is 1. The highest BCUT2D eigenvalue weighted by Gasteiger charge is 2.10. The van der Waals surface area contributed by atoms with Gasteiger partial charge >= 0.3 is 0 Å². The van der Waals surface area contributed by atoms with Crippen LogP contribution >= 0.6 is 11.8 Å². The van der Waals surface area contributed by atoms with Gasteiger partial charge in [0.25, 0.3) is 5.91 Å². The van der Waals surface area contributed by atoms with Crippen molar-refractivity contribution in [1.82, 2.24) is 4.98 Å². The molecule has 1 amide bonds. The topological polar surface area (TPSA) is 68.3 Å². The van der Waals surface area contributed by atoms with Gasteiger partial charge in [0.2, 0.25) is 0 Å². The molecule has 126 valence electrons. The molecular weight excluding hydrogens is 336 g/mol. The maximum Gasteiger partial charge on any atom is 0.262 e. The van der Waals surface area contributed by atoms with E-state index >= 15 is 0 Å². The minimum Gasteiger partial charge on any atom is -0.484 e.